The van der Waals surface area contributed by atoms with Gasteiger partial charge in [0, 0.05) is 22.6 Å². The highest BCUT2D eigenvalue weighted by Gasteiger charge is 2.57. The molecule has 0 saturated carbocycles. The Morgan fingerprint density at radius 2 is 2.17 bits per heavy atom. The quantitative estimate of drug-likeness (QED) is 0.192. The zero-order valence-electron chi connectivity index (χ0n) is 18.6. The zero-order valence-corrected chi connectivity index (χ0v) is 21.1. The van der Waals surface area contributed by atoms with Gasteiger partial charge in [0.25, 0.3) is 5.91 Å². The average molecular weight is 553 g/mol. The Balaban J connectivity index is 1.47. The minimum atomic E-state index is -1.29. The number of nitrogens with one attached hydrogen (secondary N) is 1. The Labute approximate surface area is 216 Å². The molecule has 190 valence electrons. The Bertz CT molecular complexity index is 1270. The van der Waals surface area contributed by atoms with E-state index in [-0.39, 0.29) is 28.8 Å². The van der Waals surface area contributed by atoms with Crippen LogP contribution in [0.4, 0.5) is 5.13 Å². The standard InChI is InChI=1S/C20H20N6O7S3/c1-9-11(36-8-22-9)2-3-20(18(31)32)6-26-16(30)14(17(26)35-7-20)24-15(29)13(25-33-4-12(27)28)10-5-34-19(21)23-10/h2-3,5,8,14,17H,4,6-7H2,1H3,(H2,21,23)(H,24,29)(H,27,28)(H,31,32)/t14?,17-,20?/m1/s1. The molecule has 5 N–H and O–H groups in total. The van der Waals surface area contributed by atoms with Gasteiger partial charge in [-0.25, -0.2) is 14.8 Å². The maximum Gasteiger partial charge on any atom is 0.344 e. The van der Waals surface area contributed by atoms with Gasteiger partial charge in [-0.05, 0) is 13.0 Å². The molecular formula is C20H20N6O7S3. The summed E-state index contributed by atoms with van der Waals surface area (Å²) < 4.78 is 0. The van der Waals surface area contributed by atoms with E-state index in [9.17, 15) is 24.3 Å². The van der Waals surface area contributed by atoms with Crippen molar-refractivity contribution in [2.24, 2.45) is 10.6 Å². The normalized spacial score (nSPS) is 23.8. The fraction of sp³-hybridized carbons (Fsp3) is 0.350. The number of aliphatic carboxylic acids is 2. The highest BCUT2D eigenvalue weighted by molar-refractivity contribution is 8.00. The number of nitrogens with two attached hydrogens (primary N) is 1. The van der Waals surface area contributed by atoms with Crippen LogP contribution in [0, 0.1) is 12.3 Å². The molecule has 2 aliphatic heterocycles. The number of fused-ring (bicyclic) bond motifs is 1. The van der Waals surface area contributed by atoms with E-state index in [1.807, 2.05) is 6.92 Å². The largest absolute Gasteiger partial charge is 0.481 e. The van der Waals surface area contributed by atoms with E-state index in [0.29, 0.717) is 0 Å². The van der Waals surface area contributed by atoms with Gasteiger partial charge in [0.2, 0.25) is 12.5 Å². The summed E-state index contributed by atoms with van der Waals surface area (Å²) in [6.07, 6.45) is 3.31. The maximum absolute atomic E-state index is 12.9. The number of hydrogen-bond acceptors (Lipinski definition) is 12. The molecule has 2 unspecified atom stereocenters. The molecule has 4 heterocycles. The van der Waals surface area contributed by atoms with Crippen molar-refractivity contribution in [3.8, 4) is 0 Å². The molecule has 16 heteroatoms. The summed E-state index contributed by atoms with van der Waals surface area (Å²) in [7, 11) is 0. The number of carboxylic acid groups (broad SMARTS) is 2. The summed E-state index contributed by atoms with van der Waals surface area (Å²) >= 11 is 3.67. The molecule has 36 heavy (non-hydrogen) atoms. The third-order valence-corrected chi connectivity index (χ3v) is 8.60. The Hall–Kier alpha value is -3.50. The molecule has 2 aromatic rings. The molecule has 2 aromatic heterocycles. The summed E-state index contributed by atoms with van der Waals surface area (Å²) in [5, 5.41) is 26.0. The lowest BCUT2D eigenvalue weighted by Crippen LogP contribution is -2.73. The van der Waals surface area contributed by atoms with Crippen LogP contribution in [0.5, 0.6) is 0 Å². The molecular weight excluding hydrogens is 532 g/mol. The third-order valence-electron chi connectivity index (χ3n) is 5.48. The third kappa shape index (κ3) is 5.05. The van der Waals surface area contributed by atoms with Crippen molar-refractivity contribution in [2.75, 3.05) is 24.6 Å². The fourth-order valence-corrected chi connectivity index (χ4v) is 6.32. The molecule has 3 atom stereocenters. The van der Waals surface area contributed by atoms with E-state index < -0.39 is 47.2 Å². The number of anilines is 1. The Morgan fingerprint density at radius 3 is 2.78 bits per heavy atom. The van der Waals surface area contributed by atoms with Gasteiger partial charge in [-0.15, -0.1) is 34.4 Å². The van der Waals surface area contributed by atoms with Crippen molar-refractivity contribution >= 4 is 75.1 Å². The number of carbonyl (C=O) groups is 4. The number of β-lactam (4-membered cyclic amide) rings is 1. The van der Waals surface area contributed by atoms with Crippen LogP contribution >= 0.6 is 34.4 Å². The van der Waals surface area contributed by atoms with Crippen molar-refractivity contribution in [1.82, 2.24) is 20.2 Å². The van der Waals surface area contributed by atoms with Gasteiger partial charge in [0.1, 0.15) is 22.5 Å². The number of amides is 2. The number of nitrogens with zero attached hydrogens (tertiary/aromatic N) is 4. The number of nitrogen functional groups attached to an aromatic ring is 1. The summed E-state index contributed by atoms with van der Waals surface area (Å²) in [6.45, 7) is 0.993. The Morgan fingerprint density at radius 1 is 1.39 bits per heavy atom. The molecule has 2 fully saturated rings. The number of thiazole rings is 2. The van der Waals surface area contributed by atoms with Crippen molar-refractivity contribution in [2.45, 2.75) is 18.3 Å². The van der Waals surface area contributed by atoms with Gasteiger partial charge >= 0.3 is 11.9 Å². The number of aromatic nitrogens is 2. The van der Waals surface area contributed by atoms with Crippen LogP contribution in [-0.2, 0) is 24.0 Å². The van der Waals surface area contributed by atoms with E-state index in [4.69, 9.17) is 15.7 Å². The summed E-state index contributed by atoms with van der Waals surface area (Å²) in [5.74, 6) is -3.42. The second-order valence-electron chi connectivity index (χ2n) is 7.89. The molecule has 0 bridgehead atoms. The lowest BCUT2D eigenvalue weighted by Gasteiger charge is -2.53. The Kier molecular flexibility index (Phi) is 7.28. The van der Waals surface area contributed by atoms with Crippen molar-refractivity contribution in [3.63, 3.8) is 0 Å². The summed E-state index contributed by atoms with van der Waals surface area (Å²) in [4.78, 5) is 63.8. The van der Waals surface area contributed by atoms with Crippen molar-refractivity contribution < 1.29 is 34.2 Å². The second kappa shape index (κ2) is 10.2. The minimum Gasteiger partial charge on any atom is -0.481 e. The first-order valence-electron chi connectivity index (χ1n) is 10.3. The predicted molar refractivity (Wildman–Crippen MR) is 132 cm³/mol. The number of carbonyl (C=O) groups excluding carboxylic acids is 2. The first-order chi connectivity index (χ1) is 17.1. The lowest BCUT2D eigenvalue weighted by molar-refractivity contribution is -0.156. The second-order valence-corrected chi connectivity index (χ2v) is 10.8. The number of thioether (sulfide) groups is 1. The van der Waals surface area contributed by atoms with E-state index >= 15 is 0 Å². The summed E-state index contributed by atoms with van der Waals surface area (Å²) in [5.41, 5.74) is 6.51. The monoisotopic (exact) mass is 552 g/mol. The maximum atomic E-state index is 12.9. The highest BCUT2D eigenvalue weighted by atomic mass is 32.2. The van der Waals surface area contributed by atoms with Gasteiger partial charge in [-0.1, -0.05) is 11.2 Å². The molecule has 0 aromatic carbocycles. The molecule has 2 amide bonds. The highest BCUT2D eigenvalue weighted by Crippen LogP contribution is 2.43. The fourth-order valence-electron chi connectivity index (χ4n) is 3.56. The SMILES string of the molecule is Cc1ncsc1C=CC1(C(=O)O)CS[C@@H]2C(NC(=O)C(=NOCC(=O)O)c3csc(N)n3)C(=O)N2C1. The van der Waals surface area contributed by atoms with Gasteiger partial charge in [0.15, 0.2) is 10.8 Å². The number of oxime groups is 1. The van der Waals surface area contributed by atoms with Crippen LogP contribution in [0.25, 0.3) is 6.08 Å². The predicted octanol–water partition coefficient (Wildman–Crippen LogP) is 0.480. The first kappa shape index (κ1) is 25.6. The molecule has 0 radical (unpaired) electrons. The van der Waals surface area contributed by atoms with Gasteiger partial charge in [-0.3, -0.25) is 14.4 Å². The van der Waals surface area contributed by atoms with Crippen molar-refractivity contribution in [1.29, 1.82) is 0 Å². The van der Waals surface area contributed by atoms with Gasteiger partial charge < -0.3 is 31.0 Å². The van der Waals surface area contributed by atoms with Gasteiger partial charge in [0.05, 0.1) is 11.2 Å². The smallest absolute Gasteiger partial charge is 0.344 e. The number of aryl methyl sites for hydroxylation is 1. The molecule has 13 nitrogen and oxygen atoms in total. The van der Waals surface area contributed by atoms with E-state index in [1.165, 1.54) is 33.4 Å². The van der Waals surface area contributed by atoms with Crippen LogP contribution in [0.15, 0.2) is 22.1 Å². The van der Waals surface area contributed by atoms with Gasteiger partial charge in [-0.2, -0.15) is 0 Å². The molecule has 4 rings (SSSR count). The first-order valence-corrected chi connectivity index (χ1v) is 13.1. The van der Waals surface area contributed by atoms with E-state index in [1.54, 1.807) is 17.7 Å². The number of rotatable bonds is 9. The van der Waals surface area contributed by atoms with Crippen LogP contribution in [0.3, 0.4) is 0 Å². The van der Waals surface area contributed by atoms with Crippen LogP contribution in [0.1, 0.15) is 16.3 Å². The molecule has 2 saturated heterocycles. The number of hydrogen-bond donors (Lipinski definition) is 4. The topological polar surface area (TPSA) is 197 Å². The van der Waals surface area contributed by atoms with E-state index in [0.717, 1.165) is 21.9 Å². The lowest BCUT2D eigenvalue weighted by atomic mass is 9.86. The zero-order chi connectivity index (χ0) is 26.0. The van der Waals surface area contributed by atoms with E-state index in [2.05, 4.69) is 20.4 Å². The van der Waals surface area contributed by atoms with Crippen LogP contribution < -0.4 is 11.1 Å². The molecule has 0 aliphatic carbocycles. The van der Waals surface area contributed by atoms with Crippen LogP contribution in [-0.4, -0.2) is 84.9 Å². The minimum absolute atomic E-state index is 0.0507. The number of carboxylic acids is 2. The van der Waals surface area contributed by atoms with Crippen molar-refractivity contribution in [3.05, 3.63) is 33.2 Å². The molecule has 0 spiro atoms. The molecule has 2 aliphatic rings. The van der Waals surface area contributed by atoms with Crippen LogP contribution in [0.2, 0.25) is 0 Å². The average Bonchev–Trinajstić information content (AvgIpc) is 3.45. The summed E-state index contributed by atoms with van der Waals surface area (Å²) in [6, 6.07) is -0.928.